The lowest BCUT2D eigenvalue weighted by Crippen LogP contribution is -2.05. The van der Waals surface area contributed by atoms with Gasteiger partial charge in [0.1, 0.15) is 11.5 Å². The highest BCUT2D eigenvalue weighted by Crippen LogP contribution is 2.43. The lowest BCUT2D eigenvalue weighted by Gasteiger charge is -2.09. The normalized spacial score (nSPS) is 15.1. The van der Waals surface area contributed by atoms with E-state index in [0.717, 1.165) is 30.2 Å². The zero-order chi connectivity index (χ0) is 12.7. The summed E-state index contributed by atoms with van der Waals surface area (Å²) in [6.07, 6.45) is 3.79. The first-order valence-electron chi connectivity index (χ1n) is 5.79. The van der Waals surface area contributed by atoms with Crippen LogP contribution in [0.15, 0.2) is 24.4 Å². The summed E-state index contributed by atoms with van der Waals surface area (Å²) in [5.41, 5.74) is 2.15. The zero-order valence-corrected chi connectivity index (χ0v) is 10.3. The Morgan fingerprint density at radius 2 is 2.11 bits per heavy atom. The highest BCUT2D eigenvalue weighted by molar-refractivity contribution is 6.17. The van der Waals surface area contributed by atoms with Crippen LogP contribution in [0.5, 0.6) is 0 Å². The Kier molecular flexibility index (Phi) is 2.82. The second-order valence-electron chi connectivity index (χ2n) is 4.47. The zero-order valence-electron chi connectivity index (χ0n) is 9.54. The van der Waals surface area contributed by atoms with E-state index in [1.165, 1.54) is 12.1 Å². The number of aromatic nitrogens is 2. The summed E-state index contributed by atoms with van der Waals surface area (Å²) in [4.78, 5) is 0. The first-order valence-corrected chi connectivity index (χ1v) is 6.32. The van der Waals surface area contributed by atoms with Crippen molar-refractivity contribution in [3.8, 4) is 5.69 Å². The summed E-state index contributed by atoms with van der Waals surface area (Å²) >= 11 is 5.86. The number of hydrogen-bond donors (Lipinski definition) is 0. The van der Waals surface area contributed by atoms with Crippen LogP contribution < -0.4 is 0 Å². The van der Waals surface area contributed by atoms with Gasteiger partial charge in [-0.05, 0) is 25.0 Å². The molecular formula is C13H11ClF2N2. The van der Waals surface area contributed by atoms with Crippen molar-refractivity contribution in [3.05, 3.63) is 47.3 Å². The smallest absolute Gasteiger partial charge is 0.151 e. The second-order valence-corrected chi connectivity index (χ2v) is 4.74. The third kappa shape index (κ3) is 1.90. The predicted molar refractivity (Wildman–Crippen MR) is 65.0 cm³/mol. The van der Waals surface area contributed by atoms with E-state index < -0.39 is 11.6 Å². The van der Waals surface area contributed by atoms with Gasteiger partial charge in [0.15, 0.2) is 5.82 Å². The predicted octanol–water partition coefficient (Wildman–Crippen LogP) is 3.77. The van der Waals surface area contributed by atoms with E-state index in [9.17, 15) is 8.78 Å². The Bertz CT molecular complexity index is 591. The lowest BCUT2D eigenvalue weighted by atomic mass is 10.2. The summed E-state index contributed by atoms with van der Waals surface area (Å²) in [5, 5.41) is 4.18. The molecule has 0 radical (unpaired) electrons. The first-order chi connectivity index (χ1) is 8.70. The minimum atomic E-state index is -0.610. The molecule has 0 bridgehead atoms. The van der Waals surface area contributed by atoms with E-state index >= 15 is 0 Å². The molecule has 0 aliphatic heterocycles. The van der Waals surface area contributed by atoms with Gasteiger partial charge in [0.05, 0.1) is 17.8 Å². The maximum absolute atomic E-state index is 13.8. The van der Waals surface area contributed by atoms with Crippen LogP contribution in [0.4, 0.5) is 8.78 Å². The topological polar surface area (TPSA) is 17.8 Å². The fraction of sp³-hybridized carbons (Fsp3) is 0.308. The van der Waals surface area contributed by atoms with E-state index in [-0.39, 0.29) is 5.69 Å². The van der Waals surface area contributed by atoms with Gasteiger partial charge in [-0.15, -0.1) is 11.6 Å². The third-order valence-corrected chi connectivity index (χ3v) is 3.42. The van der Waals surface area contributed by atoms with Crippen molar-refractivity contribution in [2.24, 2.45) is 0 Å². The van der Waals surface area contributed by atoms with Gasteiger partial charge in [0.2, 0.25) is 0 Å². The van der Waals surface area contributed by atoms with Gasteiger partial charge >= 0.3 is 0 Å². The molecule has 94 valence electrons. The van der Waals surface area contributed by atoms with E-state index in [4.69, 9.17) is 11.6 Å². The van der Waals surface area contributed by atoms with Crippen molar-refractivity contribution in [1.82, 2.24) is 9.78 Å². The molecule has 0 saturated heterocycles. The van der Waals surface area contributed by atoms with Crippen molar-refractivity contribution < 1.29 is 8.78 Å². The molecular weight excluding hydrogens is 258 g/mol. The molecule has 2 nitrogen and oxygen atoms in total. The van der Waals surface area contributed by atoms with Crippen LogP contribution >= 0.6 is 11.6 Å². The molecule has 2 aromatic rings. The number of hydrogen-bond acceptors (Lipinski definition) is 1. The van der Waals surface area contributed by atoms with Crippen LogP contribution in [-0.4, -0.2) is 9.78 Å². The molecule has 1 heterocycles. The number of nitrogens with zero attached hydrogens (tertiary/aromatic N) is 2. The van der Waals surface area contributed by atoms with Crippen molar-refractivity contribution in [1.29, 1.82) is 0 Å². The molecule has 0 atom stereocenters. The molecule has 0 amide bonds. The molecule has 3 rings (SSSR count). The van der Waals surface area contributed by atoms with Gasteiger partial charge in [-0.3, -0.25) is 0 Å². The number of halogens is 3. The molecule has 1 aliphatic rings. The molecule has 18 heavy (non-hydrogen) atoms. The van der Waals surface area contributed by atoms with Gasteiger partial charge in [-0.1, -0.05) is 0 Å². The standard InChI is InChI=1S/C13H11ClF2N2/c14-6-9-7-17-18(13(9)8-1-2-8)12-4-3-10(15)5-11(12)16/h3-5,7-8H,1-2,6H2. The van der Waals surface area contributed by atoms with Gasteiger partial charge in [-0.25, -0.2) is 13.5 Å². The summed E-state index contributed by atoms with van der Waals surface area (Å²) in [6, 6.07) is 3.51. The van der Waals surface area contributed by atoms with Gasteiger partial charge in [-0.2, -0.15) is 5.10 Å². The number of benzene rings is 1. The second kappa shape index (κ2) is 4.35. The van der Waals surface area contributed by atoms with Gasteiger partial charge in [0.25, 0.3) is 0 Å². The minimum Gasteiger partial charge on any atom is -0.234 e. The summed E-state index contributed by atoms with van der Waals surface area (Å²) < 4.78 is 28.2. The Morgan fingerprint density at radius 3 is 2.72 bits per heavy atom. The fourth-order valence-corrected chi connectivity index (χ4v) is 2.34. The average molecular weight is 269 g/mol. The Morgan fingerprint density at radius 1 is 1.33 bits per heavy atom. The molecule has 5 heteroatoms. The van der Waals surface area contributed by atoms with Crippen molar-refractivity contribution >= 4 is 11.6 Å². The Balaban J connectivity index is 2.13. The van der Waals surface area contributed by atoms with Crippen LogP contribution in [0, 0.1) is 11.6 Å². The fourth-order valence-electron chi connectivity index (χ4n) is 2.13. The molecule has 0 spiro atoms. The Hall–Kier alpha value is -1.42. The summed E-state index contributed by atoms with van der Waals surface area (Å²) in [5.74, 6) is -0.449. The minimum absolute atomic E-state index is 0.273. The summed E-state index contributed by atoms with van der Waals surface area (Å²) in [7, 11) is 0. The Labute approximate surface area is 108 Å². The quantitative estimate of drug-likeness (QED) is 0.775. The molecule has 0 unspecified atom stereocenters. The van der Waals surface area contributed by atoms with E-state index in [1.54, 1.807) is 10.9 Å². The van der Waals surface area contributed by atoms with Crippen molar-refractivity contribution in [2.45, 2.75) is 24.6 Å². The number of alkyl halides is 1. The molecule has 1 aliphatic carbocycles. The van der Waals surface area contributed by atoms with Crippen molar-refractivity contribution in [3.63, 3.8) is 0 Å². The van der Waals surface area contributed by atoms with Gasteiger partial charge < -0.3 is 0 Å². The maximum atomic E-state index is 13.8. The molecule has 1 aromatic carbocycles. The van der Waals surface area contributed by atoms with Crippen LogP contribution in [-0.2, 0) is 5.88 Å². The lowest BCUT2D eigenvalue weighted by molar-refractivity contribution is 0.571. The van der Waals surface area contributed by atoms with E-state index in [0.29, 0.717) is 11.8 Å². The van der Waals surface area contributed by atoms with E-state index in [2.05, 4.69) is 5.10 Å². The third-order valence-electron chi connectivity index (χ3n) is 3.13. The highest BCUT2D eigenvalue weighted by Gasteiger charge is 2.30. The molecule has 0 N–H and O–H groups in total. The monoisotopic (exact) mass is 268 g/mol. The highest BCUT2D eigenvalue weighted by atomic mass is 35.5. The average Bonchev–Trinajstić information content (AvgIpc) is 3.09. The SMILES string of the molecule is Fc1ccc(-n2ncc(CCl)c2C2CC2)c(F)c1. The van der Waals surface area contributed by atoms with Crippen LogP contribution in [0.2, 0.25) is 0 Å². The number of rotatable bonds is 3. The van der Waals surface area contributed by atoms with Crippen LogP contribution in [0.1, 0.15) is 30.0 Å². The van der Waals surface area contributed by atoms with Gasteiger partial charge in [0, 0.05) is 17.5 Å². The van der Waals surface area contributed by atoms with E-state index in [1.807, 2.05) is 0 Å². The molecule has 1 saturated carbocycles. The summed E-state index contributed by atoms with van der Waals surface area (Å²) in [6.45, 7) is 0. The van der Waals surface area contributed by atoms with Crippen LogP contribution in [0.25, 0.3) is 5.69 Å². The maximum Gasteiger partial charge on any atom is 0.151 e. The molecule has 1 fully saturated rings. The van der Waals surface area contributed by atoms with Crippen molar-refractivity contribution in [2.75, 3.05) is 0 Å². The largest absolute Gasteiger partial charge is 0.234 e. The first kappa shape index (κ1) is 11.7. The molecule has 1 aromatic heterocycles. The van der Waals surface area contributed by atoms with Crippen LogP contribution in [0.3, 0.4) is 0 Å².